The van der Waals surface area contributed by atoms with Crippen molar-refractivity contribution in [3.8, 4) is 0 Å². The number of carbonyl (C=O) groups is 1. The highest BCUT2D eigenvalue weighted by molar-refractivity contribution is 7.80. The Kier molecular flexibility index (Phi) is 3.71. The van der Waals surface area contributed by atoms with Gasteiger partial charge in [-0.05, 0) is 25.0 Å². The average Bonchev–Trinajstić information content (AvgIpc) is 2.83. The number of hydrogen-bond acceptors (Lipinski definition) is 3. The molecule has 0 radical (unpaired) electrons. The predicted molar refractivity (Wildman–Crippen MR) is 69.9 cm³/mol. The van der Waals surface area contributed by atoms with E-state index in [1.807, 2.05) is 12.1 Å². The maximum absolute atomic E-state index is 11.9. The first-order valence-corrected chi connectivity index (χ1v) is 5.90. The number of rotatable bonds is 3. The van der Waals surface area contributed by atoms with Gasteiger partial charge < -0.3 is 15.8 Å². The fraction of sp³-hybridized carbons (Fsp3) is 0.333. The molecule has 1 aromatic carbocycles. The third-order valence-corrected chi connectivity index (χ3v) is 2.89. The number of nitrogens with two attached hydrogens (primary N) is 1. The summed E-state index contributed by atoms with van der Waals surface area (Å²) < 4.78 is 5.31. The smallest absolute Gasteiger partial charge is 0.253 e. The second kappa shape index (κ2) is 5.25. The van der Waals surface area contributed by atoms with Gasteiger partial charge >= 0.3 is 0 Å². The number of anilines is 1. The molecule has 3 N–H and O–H groups in total. The summed E-state index contributed by atoms with van der Waals surface area (Å²) in [5.74, 6) is -0.133. The van der Waals surface area contributed by atoms with Crippen molar-refractivity contribution in [1.82, 2.24) is 0 Å². The van der Waals surface area contributed by atoms with Gasteiger partial charge in [-0.3, -0.25) is 4.79 Å². The summed E-state index contributed by atoms with van der Waals surface area (Å²) >= 11 is 4.93. The van der Waals surface area contributed by atoms with Crippen LogP contribution in [0.4, 0.5) is 5.69 Å². The van der Waals surface area contributed by atoms with E-state index in [0.717, 1.165) is 12.8 Å². The van der Waals surface area contributed by atoms with Gasteiger partial charge in [0.2, 0.25) is 0 Å². The summed E-state index contributed by atoms with van der Waals surface area (Å²) in [4.78, 5) is 12.1. The molecule has 0 saturated carbocycles. The quantitative estimate of drug-likeness (QED) is 0.797. The van der Waals surface area contributed by atoms with Crippen molar-refractivity contribution in [1.29, 1.82) is 0 Å². The molecule has 1 fully saturated rings. The van der Waals surface area contributed by atoms with Crippen LogP contribution in [0.3, 0.4) is 0 Å². The lowest BCUT2D eigenvalue weighted by molar-refractivity contribution is -0.124. The van der Waals surface area contributed by atoms with Gasteiger partial charge in [-0.25, -0.2) is 0 Å². The lowest BCUT2D eigenvalue weighted by Gasteiger charge is -2.13. The van der Waals surface area contributed by atoms with Crippen molar-refractivity contribution in [2.24, 2.45) is 5.73 Å². The first-order chi connectivity index (χ1) is 8.18. The van der Waals surface area contributed by atoms with E-state index in [4.69, 9.17) is 22.7 Å². The normalized spacial score (nSPS) is 18.9. The highest BCUT2D eigenvalue weighted by Gasteiger charge is 2.24. The molecule has 1 heterocycles. The van der Waals surface area contributed by atoms with Crippen LogP contribution in [0.5, 0.6) is 0 Å². The number of benzene rings is 1. The molecule has 1 aliphatic heterocycles. The minimum absolute atomic E-state index is 0.133. The first kappa shape index (κ1) is 12.0. The minimum atomic E-state index is -0.352. The third-order valence-electron chi connectivity index (χ3n) is 2.67. The van der Waals surface area contributed by atoms with Crippen LogP contribution in [0.1, 0.15) is 18.4 Å². The maximum atomic E-state index is 11.9. The molecule has 4 nitrogen and oxygen atoms in total. The third kappa shape index (κ3) is 2.81. The van der Waals surface area contributed by atoms with Gasteiger partial charge in [0.25, 0.3) is 5.91 Å². The zero-order valence-corrected chi connectivity index (χ0v) is 10.1. The Morgan fingerprint density at radius 3 is 2.88 bits per heavy atom. The van der Waals surface area contributed by atoms with Gasteiger partial charge in [0.1, 0.15) is 11.1 Å². The summed E-state index contributed by atoms with van der Waals surface area (Å²) in [5.41, 5.74) is 6.91. The summed E-state index contributed by atoms with van der Waals surface area (Å²) in [6, 6.07) is 7.22. The van der Waals surface area contributed by atoms with E-state index in [9.17, 15) is 4.79 Å². The minimum Gasteiger partial charge on any atom is -0.389 e. The van der Waals surface area contributed by atoms with Gasteiger partial charge in [-0.1, -0.05) is 24.4 Å². The van der Waals surface area contributed by atoms with Crippen LogP contribution in [0.2, 0.25) is 0 Å². The van der Waals surface area contributed by atoms with Gasteiger partial charge in [0, 0.05) is 12.2 Å². The molecule has 17 heavy (non-hydrogen) atoms. The number of thiocarbonyl (C=S) groups is 1. The van der Waals surface area contributed by atoms with Crippen molar-refractivity contribution in [3.05, 3.63) is 29.8 Å². The highest BCUT2D eigenvalue weighted by Crippen LogP contribution is 2.18. The zero-order valence-electron chi connectivity index (χ0n) is 9.31. The van der Waals surface area contributed by atoms with Crippen molar-refractivity contribution in [3.63, 3.8) is 0 Å². The molecule has 5 heteroatoms. The van der Waals surface area contributed by atoms with Crippen LogP contribution >= 0.6 is 12.2 Å². The van der Waals surface area contributed by atoms with Crippen molar-refractivity contribution >= 4 is 28.8 Å². The van der Waals surface area contributed by atoms with Gasteiger partial charge in [0.15, 0.2) is 0 Å². The average molecular weight is 250 g/mol. The Hall–Kier alpha value is -1.46. The summed E-state index contributed by atoms with van der Waals surface area (Å²) in [6.07, 6.45) is 1.34. The van der Waals surface area contributed by atoms with Crippen LogP contribution in [0.25, 0.3) is 0 Å². The standard InChI is InChI=1S/C12H14N2O2S/c13-11(17)8-4-1-2-5-9(8)14-12(15)10-6-3-7-16-10/h1-2,4-5,10H,3,6-7H2,(H2,13,17)(H,14,15). The monoisotopic (exact) mass is 250 g/mol. The number of nitrogens with one attached hydrogen (secondary N) is 1. The largest absolute Gasteiger partial charge is 0.389 e. The molecule has 0 aromatic heterocycles. The molecular formula is C12H14N2O2S. The Morgan fingerprint density at radius 1 is 1.47 bits per heavy atom. The lowest BCUT2D eigenvalue weighted by atomic mass is 10.1. The molecule has 1 saturated heterocycles. The molecule has 0 aliphatic carbocycles. The van der Waals surface area contributed by atoms with Crippen molar-refractivity contribution in [2.75, 3.05) is 11.9 Å². The van der Waals surface area contributed by atoms with Gasteiger partial charge in [-0.15, -0.1) is 0 Å². The van der Waals surface area contributed by atoms with Crippen LogP contribution in [0.15, 0.2) is 24.3 Å². The van der Waals surface area contributed by atoms with Crippen molar-refractivity contribution < 1.29 is 9.53 Å². The first-order valence-electron chi connectivity index (χ1n) is 5.50. The van der Waals surface area contributed by atoms with E-state index in [1.54, 1.807) is 12.1 Å². The highest BCUT2D eigenvalue weighted by atomic mass is 32.1. The molecule has 2 rings (SSSR count). The molecular weight excluding hydrogens is 236 g/mol. The van der Waals surface area contributed by atoms with E-state index in [0.29, 0.717) is 17.9 Å². The van der Waals surface area contributed by atoms with Crippen LogP contribution < -0.4 is 11.1 Å². The molecule has 1 atom stereocenters. The van der Waals surface area contributed by atoms with E-state index in [2.05, 4.69) is 5.32 Å². The van der Waals surface area contributed by atoms with Gasteiger partial charge in [-0.2, -0.15) is 0 Å². The lowest BCUT2D eigenvalue weighted by Crippen LogP contribution is -2.28. The molecule has 0 spiro atoms. The van der Waals surface area contributed by atoms with E-state index >= 15 is 0 Å². The molecule has 1 aliphatic rings. The van der Waals surface area contributed by atoms with Gasteiger partial charge in [0.05, 0.1) is 5.69 Å². The number of para-hydroxylation sites is 1. The second-order valence-electron chi connectivity index (χ2n) is 3.90. The second-order valence-corrected chi connectivity index (χ2v) is 4.34. The zero-order chi connectivity index (χ0) is 12.3. The SMILES string of the molecule is NC(=S)c1ccccc1NC(=O)C1CCCO1. The summed E-state index contributed by atoms with van der Waals surface area (Å²) in [6.45, 7) is 0.648. The number of carbonyl (C=O) groups excluding carboxylic acids is 1. The van der Waals surface area contributed by atoms with E-state index < -0.39 is 0 Å². The summed E-state index contributed by atoms with van der Waals surface area (Å²) in [5, 5.41) is 2.80. The molecule has 1 amide bonds. The van der Waals surface area contributed by atoms with Crippen molar-refractivity contribution in [2.45, 2.75) is 18.9 Å². The fourth-order valence-corrected chi connectivity index (χ4v) is 1.98. The van der Waals surface area contributed by atoms with E-state index in [-0.39, 0.29) is 17.0 Å². The Morgan fingerprint density at radius 2 is 2.24 bits per heavy atom. The number of hydrogen-bond donors (Lipinski definition) is 2. The Balaban J connectivity index is 2.12. The van der Waals surface area contributed by atoms with Crippen LogP contribution in [0, 0.1) is 0 Å². The topological polar surface area (TPSA) is 64.3 Å². The molecule has 0 bridgehead atoms. The Bertz CT molecular complexity index is 442. The molecule has 1 unspecified atom stereocenters. The predicted octanol–water partition coefficient (Wildman–Crippen LogP) is 1.44. The number of amides is 1. The fourth-order valence-electron chi connectivity index (χ4n) is 1.80. The summed E-state index contributed by atoms with van der Waals surface area (Å²) in [7, 11) is 0. The Labute approximate surface area is 105 Å². The van der Waals surface area contributed by atoms with Crippen LogP contribution in [-0.4, -0.2) is 23.6 Å². The molecule has 90 valence electrons. The number of ether oxygens (including phenoxy) is 1. The maximum Gasteiger partial charge on any atom is 0.253 e. The molecule has 1 aromatic rings. The van der Waals surface area contributed by atoms with E-state index in [1.165, 1.54) is 0 Å². The van der Waals surface area contributed by atoms with Crippen LogP contribution in [-0.2, 0) is 9.53 Å².